The molecule has 1 heterocycles. The second-order valence-electron chi connectivity index (χ2n) is 7.57. The van der Waals surface area contributed by atoms with E-state index < -0.39 is 5.60 Å². The molecule has 156 valence electrons. The van der Waals surface area contributed by atoms with Gasteiger partial charge in [0.1, 0.15) is 11.4 Å². The van der Waals surface area contributed by atoms with Crippen molar-refractivity contribution in [2.24, 2.45) is 0 Å². The first-order chi connectivity index (χ1) is 13.8. The molecule has 1 N–H and O–H groups in total. The molecule has 0 unspecified atom stereocenters. The molecular weight excluding hydrogens is 370 g/mol. The van der Waals surface area contributed by atoms with Crippen LogP contribution in [0.5, 0.6) is 5.75 Å². The standard InChI is InChI=1S/C22H29N3O4/c1-22(2,3)29-21(27)25(16-18-9-7-12-23-15-18)14-8-13-24-20(26)17-28-19-10-5-4-6-11-19/h4-7,9-12,15H,8,13-14,16-17H2,1-3H3,(H,24,26). The number of carbonyl (C=O) groups is 2. The number of benzene rings is 1. The molecule has 7 heteroatoms. The zero-order valence-corrected chi connectivity index (χ0v) is 17.3. The molecule has 2 amide bonds. The summed E-state index contributed by atoms with van der Waals surface area (Å²) >= 11 is 0. The lowest BCUT2D eigenvalue weighted by Crippen LogP contribution is -2.38. The van der Waals surface area contributed by atoms with Crippen LogP contribution in [0.1, 0.15) is 32.8 Å². The van der Waals surface area contributed by atoms with Gasteiger partial charge in [-0.2, -0.15) is 0 Å². The van der Waals surface area contributed by atoms with Crippen LogP contribution in [-0.4, -0.2) is 47.2 Å². The number of pyridine rings is 1. The third-order valence-corrected chi connectivity index (χ3v) is 3.79. The minimum atomic E-state index is -0.576. The molecule has 2 aromatic rings. The van der Waals surface area contributed by atoms with Gasteiger partial charge >= 0.3 is 6.09 Å². The molecule has 0 radical (unpaired) electrons. The maximum Gasteiger partial charge on any atom is 0.410 e. The van der Waals surface area contributed by atoms with Gasteiger partial charge in [0.25, 0.3) is 5.91 Å². The number of ether oxygens (including phenoxy) is 2. The van der Waals surface area contributed by atoms with E-state index >= 15 is 0 Å². The average Bonchev–Trinajstić information content (AvgIpc) is 2.69. The summed E-state index contributed by atoms with van der Waals surface area (Å²) in [6, 6.07) is 12.9. The highest BCUT2D eigenvalue weighted by atomic mass is 16.6. The molecular formula is C22H29N3O4. The van der Waals surface area contributed by atoms with Gasteiger partial charge in [0.2, 0.25) is 0 Å². The summed E-state index contributed by atoms with van der Waals surface area (Å²) in [6.07, 6.45) is 3.62. The van der Waals surface area contributed by atoms with Crippen molar-refractivity contribution < 1.29 is 19.1 Å². The number of nitrogens with one attached hydrogen (secondary N) is 1. The smallest absolute Gasteiger partial charge is 0.410 e. The van der Waals surface area contributed by atoms with E-state index in [1.54, 1.807) is 29.4 Å². The molecule has 2 rings (SSSR count). The van der Waals surface area contributed by atoms with E-state index in [4.69, 9.17) is 9.47 Å². The van der Waals surface area contributed by atoms with Gasteiger partial charge in [0, 0.05) is 25.5 Å². The van der Waals surface area contributed by atoms with Crippen LogP contribution in [0.3, 0.4) is 0 Å². The first-order valence-corrected chi connectivity index (χ1v) is 9.65. The molecule has 7 nitrogen and oxygen atoms in total. The zero-order chi connectivity index (χ0) is 21.1. The second kappa shape index (κ2) is 11.0. The SMILES string of the molecule is CC(C)(C)OC(=O)N(CCCNC(=O)COc1ccccc1)Cc1cccnc1. The Balaban J connectivity index is 1.78. The summed E-state index contributed by atoms with van der Waals surface area (Å²) in [5, 5.41) is 2.80. The lowest BCUT2D eigenvalue weighted by molar-refractivity contribution is -0.123. The lowest BCUT2D eigenvalue weighted by Gasteiger charge is -2.27. The number of rotatable bonds is 9. The van der Waals surface area contributed by atoms with Gasteiger partial charge in [0.15, 0.2) is 6.61 Å². The van der Waals surface area contributed by atoms with E-state index in [0.717, 1.165) is 5.56 Å². The van der Waals surface area contributed by atoms with Gasteiger partial charge in [-0.05, 0) is 51.0 Å². The van der Waals surface area contributed by atoms with Crippen LogP contribution in [0, 0.1) is 0 Å². The van der Waals surface area contributed by atoms with E-state index in [0.29, 0.717) is 31.8 Å². The van der Waals surface area contributed by atoms with Crippen molar-refractivity contribution in [2.45, 2.75) is 39.3 Å². The molecule has 0 atom stereocenters. The predicted molar refractivity (Wildman–Crippen MR) is 110 cm³/mol. The van der Waals surface area contributed by atoms with Crippen molar-refractivity contribution in [3.8, 4) is 5.75 Å². The first-order valence-electron chi connectivity index (χ1n) is 9.65. The van der Waals surface area contributed by atoms with Crippen molar-refractivity contribution in [1.82, 2.24) is 15.2 Å². The van der Waals surface area contributed by atoms with Crippen molar-refractivity contribution in [3.63, 3.8) is 0 Å². The fourth-order valence-corrected chi connectivity index (χ4v) is 2.49. The van der Waals surface area contributed by atoms with Crippen LogP contribution in [0.4, 0.5) is 4.79 Å². The number of hydrogen-bond donors (Lipinski definition) is 1. The van der Waals surface area contributed by atoms with E-state index in [2.05, 4.69) is 10.3 Å². The number of nitrogens with zero attached hydrogens (tertiary/aromatic N) is 2. The molecule has 0 aliphatic rings. The Morgan fingerprint density at radius 3 is 2.52 bits per heavy atom. The Bertz CT molecular complexity index is 761. The molecule has 0 aliphatic heterocycles. The Morgan fingerprint density at radius 1 is 1.10 bits per heavy atom. The van der Waals surface area contributed by atoms with Gasteiger partial charge in [0.05, 0.1) is 6.54 Å². The third kappa shape index (κ3) is 9.10. The van der Waals surface area contributed by atoms with Crippen LogP contribution in [0.25, 0.3) is 0 Å². The fraction of sp³-hybridized carbons (Fsp3) is 0.409. The van der Waals surface area contributed by atoms with Crippen LogP contribution in [0.2, 0.25) is 0 Å². The predicted octanol–water partition coefficient (Wildman–Crippen LogP) is 3.40. The molecule has 0 aliphatic carbocycles. The highest BCUT2D eigenvalue weighted by Gasteiger charge is 2.22. The summed E-state index contributed by atoms with van der Waals surface area (Å²) < 4.78 is 10.9. The number of carbonyl (C=O) groups excluding carboxylic acids is 2. The fourth-order valence-electron chi connectivity index (χ4n) is 2.49. The molecule has 0 saturated carbocycles. The van der Waals surface area contributed by atoms with Gasteiger partial charge in [-0.1, -0.05) is 24.3 Å². The summed E-state index contributed by atoms with van der Waals surface area (Å²) in [6.45, 7) is 6.73. The Labute approximate surface area is 172 Å². The molecule has 0 bridgehead atoms. The van der Waals surface area contributed by atoms with Crippen LogP contribution in [-0.2, 0) is 16.1 Å². The van der Waals surface area contributed by atoms with E-state index in [1.165, 1.54) is 0 Å². The minimum Gasteiger partial charge on any atom is -0.484 e. The topological polar surface area (TPSA) is 80.8 Å². The van der Waals surface area contributed by atoms with E-state index in [1.807, 2.05) is 51.1 Å². The largest absolute Gasteiger partial charge is 0.484 e. The molecule has 0 spiro atoms. The summed E-state index contributed by atoms with van der Waals surface area (Å²) in [4.78, 5) is 30.2. The van der Waals surface area contributed by atoms with Crippen LogP contribution >= 0.6 is 0 Å². The lowest BCUT2D eigenvalue weighted by atomic mass is 10.2. The quantitative estimate of drug-likeness (QED) is 0.654. The Hall–Kier alpha value is -3.09. The Morgan fingerprint density at radius 2 is 1.86 bits per heavy atom. The normalized spacial score (nSPS) is 10.9. The van der Waals surface area contributed by atoms with Crippen LogP contribution in [0.15, 0.2) is 54.9 Å². The monoisotopic (exact) mass is 399 g/mol. The number of para-hydroxylation sites is 1. The van der Waals surface area contributed by atoms with Crippen molar-refractivity contribution in [2.75, 3.05) is 19.7 Å². The number of hydrogen-bond acceptors (Lipinski definition) is 5. The number of amides is 2. The number of aromatic nitrogens is 1. The third-order valence-electron chi connectivity index (χ3n) is 3.79. The van der Waals surface area contributed by atoms with Gasteiger partial charge < -0.3 is 19.7 Å². The minimum absolute atomic E-state index is 0.0462. The highest BCUT2D eigenvalue weighted by Crippen LogP contribution is 2.13. The second-order valence-corrected chi connectivity index (χ2v) is 7.57. The average molecular weight is 399 g/mol. The maximum absolute atomic E-state index is 12.5. The van der Waals surface area contributed by atoms with Crippen LogP contribution < -0.4 is 10.1 Å². The van der Waals surface area contributed by atoms with E-state index in [9.17, 15) is 9.59 Å². The van der Waals surface area contributed by atoms with Crippen molar-refractivity contribution in [3.05, 3.63) is 60.4 Å². The van der Waals surface area contributed by atoms with Crippen molar-refractivity contribution >= 4 is 12.0 Å². The van der Waals surface area contributed by atoms with Gasteiger partial charge in [-0.25, -0.2) is 4.79 Å². The molecule has 29 heavy (non-hydrogen) atoms. The Kier molecular flexibility index (Phi) is 8.45. The van der Waals surface area contributed by atoms with E-state index in [-0.39, 0.29) is 18.6 Å². The van der Waals surface area contributed by atoms with Crippen molar-refractivity contribution in [1.29, 1.82) is 0 Å². The maximum atomic E-state index is 12.5. The summed E-state index contributed by atoms with van der Waals surface area (Å²) in [5.74, 6) is 0.445. The molecule has 1 aromatic carbocycles. The summed E-state index contributed by atoms with van der Waals surface area (Å²) in [7, 11) is 0. The molecule has 1 aromatic heterocycles. The highest BCUT2D eigenvalue weighted by molar-refractivity contribution is 5.77. The zero-order valence-electron chi connectivity index (χ0n) is 17.3. The summed E-state index contributed by atoms with van der Waals surface area (Å²) in [5.41, 5.74) is 0.339. The van der Waals surface area contributed by atoms with Gasteiger partial charge in [-0.15, -0.1) is 0 Å². The molecule has 0 fully saturated rings. The molecule has 0 saturated heterocycles. The first kappa shape index (κ1) is 22.2. The van der Waals surface area contributed by atoms with Gasteiger partial charge in [-0.3, -0.25) is 9.78 Å².